The van der Waals surface area contributed by atoms with Gasteiger partial charge in [0.15, 0.2) is 0 Å². The molecule has 0 radical (unpaired) electrons. The quantitative estimate of drug-likeness (QED) is 0.404. The highest BCUT2D eigenvalue weighted by Crippen LogP contribution is 2.40. The van der Waals surface area contributed by atoms with E-state index in [1.165, 1.54) is 10.4 Å². The van der Waals surface area contributed by atoms with Gasteiger partial charge >= 0.3 is 0 Å². The zero-order valence-electron chi connectivity index (χ0n) is 17.0. The number of anilines is 2. The van der Waals surface area contributed by atoms with Crippen LogP contribution in [-0.2, 0) is 4.79 Å². The summed E-state index contributed by atoms with van der Waals surface area (Å²) in [7, 11) is 0. The first kappa shape index (κ1) is 20.0. The molecule has 0 atom stereocenters. The standard InChI is InChI=1S/C23H23N5OS/c1-15-10-11-18(25-13-15)28-19(29)9-6-12-24-22-21-20(17-7-4-3-5-8-17)16(2)30-23(21)27-14-26-22/h3-5,7-8,10-11,13-14H,6,9,12H2,1-2H3,(H,24,26,27)(H,25,28,29). The molecule has 1 amide bonds. The fraction of sp³-hybridized carbons (Fsp3) is 0.217. The van der Waals surface area contributed by atoms with E-state index < -0.39 is 0 Å². The van der Waals surface area contributed by atoms with Gasteiger partial charge in [0.05, 0.1) is 5.39 Å². The molecule has 0 saturated carbocycles. The van der Waals surface area contributed by atoms with Gasteiger partial charge in [-0.1, -0.05) is 36.4 Å². The third kappa shape index (κ3) is 4.46. The highest BCUT2D eigenvalue weighted by atomic mass is 32.1. The number of carbonyl (C=O) groups excluding carboxylic acids is 1. The second-order valence-corrected chi connectivity index (χ2v) is 8.30. The van der Waals surface area contributed by atoms with E-state index in [-0.39, 0.29) is 5.91 Å². The topological polar surface area (TPSA) is 79.8 Å². The van der Waals surface area contributed by atoms with Crippen LogP contribution in [0.4, 0.5) is 11.6 Å². The molecule has 7 heteroatoms. The maximum Gasteiger partial charge on any atom is 0.225 e. The molecule has 2 N–H and O–H groups in total. The SMILES string of the molecule is Cc1ccc(NC(=O)CCCNc2ncnc3sc(C)c(-c4ccccc4)c23)nc1. The van der Waals surface area contributed by atoms with Crippen molar-refractivity contribution in [3.05, 3.63) is 65.4 Å². The predicted octanol–water partition coefficient (Wildman–Crippen LogP) is 5.20. The summed E-state index contributed by atoms with van der Waals surface area (Å²) in [5.41, 5.74) is 3.39. The van der Waals surface area contributed by atoms with E-state index in [1.54, 1.807) is 23.9 Å². The molecule has 6 nitrogen and oxygen atoms in total. The van der Waals surface area contributed by atoms with Crippen LogP contribution in [0.1, 0.15) is 23.3 Å². The number of hydrogen-bond acceptors (Lipinski definition) is 6. The van der Waals surface area contributed by atoms with Gasteiger partial charge in [0.25, 0.3) is 0 Å². The lowest BCUT2D eigenvalue weighted by Crippen LogP contribution is -2.14. The van der Waals surface area contributed by atoms with Crippen LogP contribution in [-0.4, -0.2) is 27.4 Å². The Morgan fingerprint density at radius 3 is 2.63 bits per heavy atom. The summed E-state index contributed by atoms with van der Waals surface area (Å²) in [5, 5.41) is 7.27. The molecule has 0 spiro atoms. The van der Waals surface area contributed by atoms with Gasteiger partial charge in [0.2, 0.25) is 5.91 Å². The fourth-order valence-electron chi connectivity index (χ4n) is 3.33. The molecule has 3 aromatic heterocycles. The monoisotopic (exact) mass is 417 g/mol. The summed E-state index contributed by atoms with van der Waals surface area (Å²) in [5.74, 6) is 1.35. The Kier molecular flexibility index (Phi) is 5.99. The first-order valence-electron chi connectivity index (χ1n) is 9.87. The number of hydrogen-bond donors (Lipinski definition) is 2. The molecule has 4 aromatic rings. The van der Waals surface area contributed by atoms with Crippen molar-refractivity contribution in [1.29, 1.82) is 0 Å². The van der Waals surface area contributed by atoms with Crippen molar-refractivity contribution in [3.8, 4) is 11.1 Å². The average molecular weight is 418 g/mol. The number of pyridine rings is 1. The molecule has 0 unspecified atom stereocenters. The molecule has 1 aromatic carbocycles. The number of rotatable bonds is 7. The zero-order chi connectivity index (χ0) is 20.9. The first-order valence-corrected chi connectivity index (χ1v) is 10.7. The van der Waals surface area contributed by atoms with Crippen molar-refractivity contribution in [2.24, 2.45) is 0 Å². The molecule has 4 rings (SSSR count). The van der Waals surface area contributed by atoms with Crippen LogP contribution in [0, 0.1) is 13.8 Å². The molecule has 0 saturated heterocycles. The van der Waals surface area contributed by atoms with E-state index >= 15 is 0 Å². The minimum Gasteiger partial charge on any atom is -0.369 e. The van der Waals surface area contributed by atoms with Crippen LogP contribution < -0.4 is 10.6 Å². The van der Waals surface area contributed by atoms with Gasteiger partial charge < -0.3 is 10.6 Å². The minimum absolute atomic E-state index is 0.0441. The Balaban J connectivity index is 1.42. The van der Waals surface area contributed by atoms with Crippen molar-refractivity contribution in [2.75, 3.05) is 17.2 Å². The Bertz CT molecular complexity index is 1160. The largest absolute Gasteiger partial charge is 0.369 e. The van der Waals surface area contributed by atoms with Crippen LogP contribution in [0.15, 0.2) is 55.0 Å². The predicted molar refractivity (Wildman–Crippen MR) is 123 cm³/mol. The van der Waals surface area contributed by atoms with Crippen molar-refractivity contribution in [3.63, 3.8) is 0 Å². The minimum atomic E-state index is -0.0441. The summed E-state index contributed by atoms with van der Waals surface area (Å²) < 4.78 is 0. The number of nitrogens with one attached hydrogen (secondary N) is 2. The summed E-state index contributed by atoms with van der Waals surface area (Å²) in [6.07, 6.45) is 4.42. The van der Waals surface area contributed by atoms with E-state index in [9.17, 15) is 4.79 Å². The summed E-state index contributed by atoms with van der Waals surface area (Å²) in [6, 6.07) is 14.0. The highest BCUT2D eigenvalue weighted by molar-refractivity contribution is 7.19. The lowest BCUT2D eigenvalue weighted by atomic mass is 10.0. The second-order valence-electron chi connectivity index (χ2n) is 7.10. The molecule has 30 heavy (non-hydrogen) atoms. The Morgan fingerprint density at radius 2 is 1.87 bits per heavy atom. The lowest BCUT2D eigenvalue weighted by Gasteiger charge is -2.09. The van der Waals surface area contributed by atoms with Crippen molar-refractivity contribution >= 4 is 39.1 Å². The lowest BCUT2D eigenvalue weighted by molar-refractivity contribution is -0.116. The van der Waals surface area contributed by atoms with Crippen molar-refractivity contribution in [1.82, 2.24) is 15.0 Å². The smallest absolute Gasteiger partial charge is 0.225 e. The molecule has 152 valence electrons. The van der Waals surface area contributed by atoms with Crippen LogP contribution in [0.5, 0.6) is 0 Å². The number of fused-ring (bicyclic) bond motifs is 1. The van der Waals surface area contributed by atoms with E-state index in [4.69, 9.17) is 0 Å². The van der Waals surface area contributed by atoms with E-state index in [0.717, 1.165) is 27.2 Å². The Labute approximate surface area is 179 Å². The van der Waals surface area contributed by atoms with E-state index in [1.807, 2.05) is 37.3 Å². The molecular weight excluding hydrogens is 394 g/mol. The van der Waals surface area contributed by atoms with E-state index in [2.05, 4.69) is 44.6 Å². The van der Waals surface area contributed by atoms with Crippen LogP contribution >= 0.6 is 11.3 Å². The summed E-state index contributed by atoms with van der Waals surface area (Å²) in [6.45, 7) is 4.72. The molecule has 0 aliphatic heterocycles. The van der Waals surface area contributed by atoms with Gasteiger partial charge in [-0.3, -0.25) is 4.79 Å². The van der Waals surface area contributed by atoms with Crippen molar-refractivity contribution < 1.29 is 4.79 Å². The summed E-state index contributed by atoms with van der Waals surface area (Å²) >= 11 is 1.67. The highest BCUT2D eigenvalue weighted by Gasteiger charge is 2.16. The first-order chi connectivity index (χ1) is 14.6. The average Bonchev–Trinajstić information content (AvgIpc) is 3.10. The number of nitrogens with zero attached hydrogens (tertiary/aromatic N) is 3. The molecular formula is C23H23N5OS. The Morgan fingerprint density at radius 1 is 1.03 bits per heavy atom. The van der Waals surface area contributed by atoms with Gasteiger partial charge in [-0.15, -0.1) is 11.3 Å². The molecule has 0 aliphatic rings. The van der Waals surface area contributed by atoms with Crippen LogP contribution in [0.3, 0.4) is 0 Å². The van der Waals surface area contributed by atoms with Gasteiger partial charge in [0.1, 0.15) is 22.8 Å². The zero-order valence-corrected chi connectivity index (χ0v) is 17.8. The number of aryl methyl sites for hydroxylation is 2. The second kappa shape index (κ2) is 9.00. The molecule has 0 aliphatic carbocycles. The number of aromatic nitrogens is 3. The maximum atomic E-state index is 12.2. The number of thiophene rings is 1. The van der Waals surface area contributed by atoms with Gasteiger partial charge in [-0.25, -0.2) is 15.0 Å². The van der Waals surface area contributed by atoms with Crippen molar-refractivity contribution in [2.45, 2.75) is 26.7 Å². The van der Waals surface area contributed by atoms with Gasteiger partial charge in [0, 0.05) is 29.6 Å². The number of benzene rings is 1. The third-order valence-electron chi connectivity index (χ3n) is 4.78. The fourth-order valence-corrected chi connectivity index (χ4v) is 4.35. The number of carbonyl (C=O) groups is 1. The molecule has 0 fully saturated rings. The summed E-state index contributed by atoms with van der Waals surface area (Å²) in [4.78, 5) is 27.5. The van der Waals surface area contributed by atoms with Gasteiger partial charge in [-0.2, -0.15) is 0 Å². The molecule has 0 bridgehead atoms. The maximum absolute atomic E-state index is 12.2. The molecule has 3 heterocycles. The number of amides is 1. The van der Waals surface area contributed by atoms with Gasteiger partial charge in [-0.05, 0) is 37.5 Å². The van der Waals surface area contributed by atoms with Crippen LogP contribution in [0.2, 0.25) is 0 Å². The van der Waals surface area contributed by atoms with E-state index in [0.29, 0.717) is 25.2 Å². The Hall–Kier alpha value is -3.32. The van der Waals surface area contributed by atoms with Crippen LogP contribution in [0.25, 0.3) is 21.3 Å². The normalized spacial score (nSPS) is 10.9. The third-order valence-corrected chi connectivity index (χ3v) is 5.79.